The molecule has 1 saturated heterocycles. The first kappa shape index (κ1) is 10.4. The van der Waals surface area contributed by atoms with Crippen LogP contribution in [0, 0.1) is 5.82 Å². The normalized spacial score (nSPS) is 29.3. The first-order valence-electron chi connectivity index (χ1n) is 4.44. The molecule has 0 aliphatic carbocycles. The Bertz CT molecular complexity index is 367. The molecule has 1 aromatic carbocycles. The Hall–Kier alpha value is -1.07. The summed E-state index contributed by atoms with van der Waals surface area (Å²) >= 11 is 0. The van der Waals surface area contributed by atoms with Crippen molar-refractivity contribution in [1.82, 2.24) is 0 Å². The predicted octanol–water partition coefficient (Wildman–Crippen LogP) is 1.89. The van der Waals surface area contributed by atoms with Gasteiger partial charge in [0.1, 0.15) is 18.5 Å². The molecule has 1 N–H and O–H groups in total. The van der Waals surface area contributed by atoms with Crippen molar-refractivity contribution >= 4 is 0 Å². The van der Waals surface area contributed by atoms with Crippen molar-refractivity contribution in [2.24, 2.45) is 0 Å². The number of aliphatic hydroxyl groups excluding tert-OH is 1. The van der Waals surface area contributed by atoms with Gasteiger partial charge in [0, 0.05) is 5.56 Å². The molecule has 2 atom stereocenters. The molecule has 0 spiro atoms. The van der Waals surface area contributed by atoms with Crippen molar-refractivity contribution in [2.75, 3.05) is 6.61 Å². The zero-order chi connectivity index (χ0) is 11.1. The summed E-state index contributed by atoms with van der Waals surface area (Å²) in [7, 11) is 0. The van der Waals surface area contributed by atoms with Gasteiger partial charge >= 0.3 is 0 Å². The van der Waals surface area contributed by atoms with E-state index in [0.717, 1.165) is 6.07 Å². The Labute approximate surface area is 84.3 Å². The van der Waals surface area contributed by atoms with Crippen LogP contribution in [0.25, 0.3) is 0 Å². The third-order valence-electron chi connectivity index (χ3n) is 2.39. The van der Waals surface area contributed by atoms with E-state index in [2.05, 4.69) is 0 Å². The Morgan fingerprint density at radius 1 is 1.33 bits per heavy atom. The third kappa shape index (κ3) is 1.72. The number of hydrogen-bond donors (Lipinski definition) is 1. The van der Waals surface area contributed by atoms with Crippen molar-refractivity contribution < 1.29 is 23.0 Å². The molecule has 0 saturated carbocycles. The third-order valence-corrected chi connectivity index (χ3v) is 2.39. The summed E-state index contributed by atoms with van der Waals surface area (Å²) in [5.41, 5.74) is -0.0397. The number of ether oxygens (including phenoxy) is 1. The monoisotopic (exact) mass is 218 g/mol. The fourth-order valence-corrected chi connectivity index (χ4v) is 1.56. The van der Waals surface area contributed by atoms with E-state index in [1.807, 2.05) is 0 Å². The van der Waals surface area contributed by atoms with Crippen molar-refractivity contribution in [3.63, 3.8) is 0 Å². The highest BCUT2D eigenvalue weighted by Gasteiger charge is 2.51. The second-order valence-corrected chi connectivity index (χ2v) is 3.46. The topological polar surface area (TPSA) is 29.5 Å². The molecule has 2 rings (SSSR count). The van der Waals surface area contributed by atoms with Crippen LogP contribution in [0.15, 0.2) is 24.3 Å². The number of alkyl halides is 2. The first-order valence-corrected chi connectivity index (χ1v) is 4.44. The van der Waals surface area contributed by atoms with Crippen LogP contribution in [0.4, 0.5) is 13.2 Å². The molecule has 1 aliphatic heterocycles. The van der Waals surface area contributed by atoms with Crippen molar-refractivity contribution in [1.29, 1.82) is 0 Å². The molecule has 0 amide bonds. The van der Waals surface area contributed by atoms with Crippen molar-refractivity contribution in [2.45, 2.75) is 18.1 Å². The summed E-state index contributed by atoms with van der Waals surface area (Å²) in [6.07, 6.45) is -3.28. The van der Waals surface area contributed by atoms with Gasteiger partial charge in [-0.25, -0.2) is 13.2 Å². The van der Waals surface area contributed by atoms with Gasteiger partial charge in [-0.05, 0) is 6.07 Å². The molecule has 0 radical (unpaired) electrons. The summed E-state index contributed by atoms with van der Waals surface area (Å²) in [5.74, 6) is -3.97. The number of aliphatic hydroxyl groups is 1. The van der Waals surface area contributed by atoms with Crippen LogP contribution < -0.4 is 0 Å². The molecule has 1 aliphatic rings. The maximum Gasteiger partial charge on any atom is 0.299 e. The number of halogens is 3. The van der Waals surface area contributed by atoms with Crippen molar-refractivity contribution in [3.05, 3.63) is 35.6 Å². The minimum atomic E-state index is -3.31. The Morgan fingerprint density at radius 2 is 2.00 bits per heavy atom. The van der Waals surface area contributed by atoms with Crippen LogP contribution in [0.3, 0.4) is 0 Å². The lowest BCUT2D eigenvalue weighted by molar-refractivity contribution is -0.0815. The Kier molecular flexibility index (Phi) is 2.44. The molecular weight excluding hydrogens is 209 g/mol. The van der Waals surface area contributed by atoms with Gasteiger partial charge in [0.25, 0.3) is 5.92 Å². The molecular formula is C10H9F3O2. The fourth-order valence-electron chi connectivity index (χ4n) is 1.56. The quantitative estimate of drug-likeness (QED) is 0.780. The smallest absolute Gasteiger partial charge is 0.299 e. The standard InChI is InChI=1S/C10H9F3O2/c11-7-4-2-1-3-6(7)8-9(14)10(12,13)5-15-8/h1-4,8-9,14H,5H2/t8-,9+/m1/s1. The Morgan fingerprint density at radius 3 is 2.53 bits per heavy atom. The highest BCUT2D eigenvalue weighted by Crippen LogP contribution is 2.39. The maximum absolute atomic E-state index is 13.2. The van der Waals surface area contributed by atoms with Gasteiger partial charge in [0.05, 0.1) is 0 Å². The van der Waals surface area contributed by atoms with E-state index in [1.54, 1.807) is 0 Å². The van der Waals surface area contributed by atoms with Crippen LogP contribution in [0.2, 0.25) is 0 Å². The van der Waals surface area contributed by atoms with Crippen LogP contribution in [0.1, 0.15) is 11.7 Å². The summed E-state index contributed by atoms with van der Waals surface area (Å²) < 4.78 is 43.8. The zero-order valence-corrected chi connectivity index (χ0v) is 7.66. The molecule has 0 unspecified atom stereocenters. The van der Waals surface area contributed by atoms with Gasteiger partial charge in [0.2, 0.25) is 0 Å². The van der Waals surface area contributed by atoms with E-state index in [-0.39, 0.29) is 5.56 Å². The SMILES string of the molecule is O[C@H]1[C@@H](c2ccccc2F)OCC1(F)F. The average Bonchev–Trinajstić information content (AvgIpc) is 2.44. The van der Waals surface area contributed by atoms with Gasteiger partial charge < -0.3 is 9.84 Å². The average molecular weight is 218 g/mol. The molecule has 15 heavy (non-hydrogen) atoms. The molecule has 0 bridgehead atoms. The van der Waals surface area contributed by atoms with Crippen LogP contribution >= 0.6 is 0 Å². The predicted molar refractivity (Wildman–Crippen MR) is 46.0 cm³/mol. The Balaban J connectivity index is 2.31. The fraction of sp³-hybridized carbons (Fsp3) is 0.400. The van der Waals surface area contributed by atoms with E-state index >= 15 is 0 Å². The van der Waals surface area contributed by atoms with Crippen LogP contribution in [-0.4, -0.2) is 23.7 Å². The lowest BCUT2D eigenvalue weighted by atomic mass is 10.0. The van der Waals surface area contributed by atoms with E-state index in [4.69, 9.17) is 4.74 Å². The van der Waals surface area contributed by atoms with Crippen LogP contribution in [-0.2, 0) is 4.74 Å². The van der Waals surface area contributed by atoms with Gasteiger partial charge in [-0.1, -0.05) is 18.2 Å². The molecule has 1 aromatic rings. The summed E-state index contributed by atoms with van der Waals surface area (Å²) in [6, 6.07) is 5.41. The lowest BCUT2D eigenvalue weighted by Crippen LogP contribution is -2.32. The lowest BCUT2D eigenvalue weighted by Gasteiger charge is -2.17. The van der Waals surface area contributed by atoms with E-state index < -0.39 is 30.6 Å². The largest absolute Gasteiger partial charge is 0.384 e. The highest BCUT2D eigenvalue weighted by atomic mass is 19.3. The number of benzene rings is 1. The van der Waals surface area contributed by atoms with Crippen LogP contribution in [0.5, 0.6) is 0 Å². The van der Waals surface area contributed by atoms with Gasteiger partial charge in [-0.2, -0.15) is 0 Å². The maximum atomic E-state index is 13.2. The van der Waals surface area contributed by atoms with E-state index in [0.29, 0.717) is 0 Å². The zero-order valence-electron chi connectivity index (χ0n) is 7.66. The second kappa shape index (κ2) is 3.50. The van der Waals surface area contributed by atoms with E-state index in [1.165, 1.54) is 18.2 Å². The summed E-state index contributed by atoms with van der Waals surface area (Å²) in [6.45, 7) is -0.882. The molecule has 2 nitrogen and oxygen atoms in total. The second-order valence-electron chi connectivity index (χ2n) is 3.46. The minimum absolute atomic E-state index is 0.0397. The molecule has 1 heterocycles. The molecule has 1 fully saturated rings. The molecule has 0 aromatic heterocycles. The summed E-state index contributed by atoms with van der Waals surface area (Å²) in [5, 5.41) is 9.25. The molecule has 82 valence electrons. The van der Waals surface area contributed by atoms with Crippen molar-refractivity contribution in [3.8, 4) is 0 Å². The number of rotatable bonds is 1. The molecule has 5 heteroatoms. The van der Waals surface area contributed by atoms with Gasteiger partial charge in [-0.15, -0.1) is 0 Å². The van der Waals surface area contributed by atoms with Gasteiger partial charge in [-0.3, -0.25) is 0 Å². The highest BCUT2D eigenvalue weighted by molar-refractivity contribution is 5.22. The summed E-state index contributed by atoms with van der Waals surface area (Å²) in [4.78, 5) is 0. The number of hydrogen-bond acceptors (Lipinski definition) is 2. The van der Waals surface area contributed by atoms with E-state index in [9.17, 15) is 18.3 Å². The first-order chi connectivity index (χ1) is 7.02. The van der Waals surface area contributed by atoms with Gasteiger partial charge in [0.15, 0.2) is 6.10 Å². The minimum Gasteiger partial charge on any atom is -0.384 e.